The van der Waals surface area contributed by atoms with Crippen molar-refractivity contribution in [1.29, 1.82) is 0 Å². The molecule has 0 saturated heterocycles. The average molecular weight is 581 g/mol. The number of hydrogen-bond donors (Lipinski definition) is 2. The molecule has 1 aliphatic rings. The fourth-order valence-electron chi connectivity index (χ4n) is 4.38. The van der Waals surface area contributed by atoms with Crippen LogP contribution in [0.25, 0.3) is 16.9 Å². The van der Waals surface area contributed by atoms with E-state index in [1.165, 1.54) is 26.3 Å². The Hall–Kier alpha value is -5.19. The van der Waals surface area contributed by atoms with Crippen molar-refractivity contribution >= 4 is 22.9 Å². The second-order valence-corrected chi connectivity index (χ2v) is 9.59. The minimum absolute atomic E-state index is 0.0944. The molecule has 0 bridgehead atoms. The van der Waals surface area contributed by atoms with E-state index in [9.17, 15) is 13.6 Å². The van der Waals surface area contributed by atoms with Gasteiger partial charge in [-0.05, 0) is 31.4 Å². The van der Waals surface area contributed by atoms with E-state index in [1.54, 1.807) is 30.7 Å². The molecule has 0 spiro atoms. The molecule has 6 rings (SSSR count). The van der Waals surface area contributed by atoms with Crippen molar-refractivity contribution in [3.8, 4) is 22.8 Å². The number of hydrogen-bond acceptors (Lipinski definition) is 11. The highest BCUT2D eigenvalue weighted by Gasteiger charge is 2.25. The van der Waals surface area contributed by atoms with E-state index >= 15 is 0 Å². The SMILES string of the molecule is CN(C)CCn1nnc(Cn2cc(NC(=O)c3cnn4cccnc34)c(-c3cc4c(cc3OC(F)F)NCCO4)n2)n1. The van der Waals surface area contributed by atoms with Gasteiger partial charge in [-0.2, -0.15) is 23.8 Å². The maximum atomic E-state index is 13.5. The molecule has 17 heteroatoms. The number of ether oxygens (including phenoxy) is 2. The van der Waals surface area contributed by atoms with Crippen LogP contribution in [0.3, 0.4) is 0 Å². The molecule has 0 saturated carbocycles. The number of alkyl halides is 2. The van der Waals surface area contributed by atoms with Crippen molar-refractivity contribution in [3.05, 3.63) is 54.4 Å². The molecule has 1 amide bonds. The van der Waals surface area contributed by atoms with E-state index in [-0.39, 0.29) is 34.8 Å². The normalized spacial score (nSPS) is 12.8. The first-order chi connectivity index (χ1) is 20.3. The molecular formula is C25H26F2N12O3. The van der Waals surface area contributed by atoms with Gasteiger partial charge in [-0.15, -0.1) is 10.2 Å². The second kappa shape index (κ2) is 11.4. The number of benzene rings is 1. The van der Waals surface area contributed by atoms with Crippen LogP contribution in [0, 0.1) is 0 Å². The van der Waals surface area contributed by atoms with Crippen LogP contribution in [0.1, 0.15) is 16.2 Å². The Labute approximate surface area is 237 Å². The number of tetrazole rings is 1. The van der Waals surface area contributed by atoms with Crippen LogP contribution in [0.4, 0.5) is 20.2 Å². The summed E-state index contributed by atoms with van der Waals surface area (Å²) in [5.41, 5.74) is 1.63. The van der Waals surface area contributed by atoms with Crippen molar-refractivity contribution in [2.75, 3.05) is 44.4 Å². The molecule has 0 unspecified atom stereocenters. The lowest BCUT2D eigenvalue weighted by atomic mass is 10.1. The van der Waals surface area contributed by atoms with E-state index in [1.807, 2.05) is 19.0 Å². The predicted molar refractivity (Wildman–Crippen MR) is 145 cm³/mol. The number of fused-ring (bicyclic) bond motifs is 2. The second-order valence-electron chi connectivity index (χ2n) is 9.59. The van der Waals surface area contributed by atoms with E-state index in [2.05, 4.69) is 41.2 Å². The minimum Gasteiger partial charge on any atom is -0.490 e. The fourth-order valence-corrected chi connectivity index (χ4v) is 4.38. The van der Waals surface area contributed by atoms with Gasteiger partial charge in [0.2, 0.25) is 0 Å². The van der Waals surface area contributed by atoms with Gasteiger partial charge in [0.15, 0.2) is 11.5 Å². The van der Waals surface area contributed by atoms with Crippen molar-refractivity contribution in [1.82, 2.24) is 49.5 Å². The number of aromatic nitrogens is 9. The molecular weight excluding hydrogens is 554 g/mol. The number of anilines is 2. The highest BCUT2D eigenvalue weighted by atomic mass is 19.3. The largest absolute Gasteiger partial charge is 0.490 e. The number of amides is 1. The fraction of sp³-hybridized carbons (Fsp3) is 0.320. The van der Waals surface area contributed by atoms with E-state index in [4.69, 9.17) is 9.47 Å². The van der Waals surface area contributed by atoms with E-state index in [0.717, 1.165) is 6.54 Å². The lowest BCUT2D eigenvalue weighted by molar-refractivity contribution is -0.0494. The number of carbonyl (C=O) groups is 1. The monoisotopic (exact) mass is 580 g/mol. The Morgan fingerprint density at radius 3 is 3.00 bits per heavy atom. The molecule has 1 aliphatic heterocycles. The molecule has 0 radical (unpaired) electrons. The quantitative estimate of drug-likeness (QED) is 0.249. The minimum atomic E-state index is -3.10. The first-order valence-electron chi connectivity index (χ1n) is 12.9. The standard InChI is InChI=1S/C25H26F2N12O3/c1-36(2)7-8-39-33-21(32-35-39)14-37-13-18(31-24(40)16-12-30-38-6-3-4-29-23(16)38)22(34-37)15-10-20-17(28-5-9-41-20)11-19(15)42-25(26)27/h3-4,6,10-13,25,28H,5,7-9,14H2,1-2H3,(H,31,40). The summed E-state index contributed by atoms with van der Waals surface area (Å²) in [5, 5.41) is 27.3. The molecule has 15 nitrogen and oxygen atoms in total. The first kappa shape index (κ1) is 27.0. The summed E-state index contributed by atoms with van der Waals surface area (Å²) in [5.74, 6) is 0.133. The average Bonchev–Trinajstić information content (AvgIpc) is 3.70. The van der Waals surface area contributed by atoms with Crippen LogP contribution >= 0.6 is 0 Å². The van der Waals surface area contributed by atoms with Crippen LogP contribution in [-0.2, 0) is 13.1 Å². The zero-order chi connectivity index (χ0) is 29.2. The Bertz CT molecular complexity index is 1730. The Morgan fingerprint density at radius 1 is 1.29 bits per heavy atom. The topological polar surface area (TPSA) is 154 Å². The zero-order valence-corrected chi connectivity index (χ0v) is 22.6. The van der Waals surface area contributed by atoms with Gasteiger partial charge >= 0.3 is 6.61 Å². The van der Waals surface area contributed by atoms with Gasteiger partial charge in [0.25, 0.3) is 5.91 Å². The molecule has 5 aromatic rings. The summed E-state index contributed by atoms with van der Waals surface area (Å²) in [6.45, 7) is -0.854. The molecule has 218 valence electrons. The molecule has 5 heterocycles. The summed E-state index contributed by atoms with van der Waals surface area (Å²) < 4.78 is 40.5. The third-order valence-corrected chi connectivity index (χ3v) is 6.31. The smallest absolute Gasteiger partial charge is 0.387 e. The molecule has 4 aromatic heterocycles. The summed E-state index contributed by atoms with van der Waals surface area (Å²) >= 11 is 0. The molecule has 2 N–H and O–H groups in total. The number of likely N-dealkylation sites (N-methyl/N-ethyl adjacent to an activating group) is 1. The van der Waals surface area contributed by atoms with Crippen molar-refractivity contribution < 1.29 is 23.0 Å². The first-order valence-corrected chi connectivity index (χ1v) is 12.9. The maximum Gasteiger partial charge on any atom is 0.387 e. The van der Waals surface area contributed by atoms with Gasteiger partial charge in [0.1, 0.15) is 35.9 Å². The van der Waals surface area contributed by atoms with Crippen LogP contribution in [-0.4, -0.2) is 95.8 Å². The Kier molecular flexibility index (Phi) is 7.30. The highest BCUT2D eigenvalue weighted by Crippen LogP contribution is 2.42. The number of nitrogens with zero attached hydrogens (tertiary/aromatic N) is 10. The number of carbonyl (C=O) groups excluding carboxylic acids is 1. The molecule has 0 fully saturated rings. The molecule has 42 heavy (non-hydrogen) atoms. The zero-order valence-electron chi connectivity index (χ0n) is 22.6. The highest BCUT2D eigenvalue weighted by molar-refractivity contribution is 6.09. The number of halogens is 2. The number of rotatable bonds is 10. The Morgan fingerprint density at radius 2 is 2.17 bits per heavy atom. The predicted octanol–water partition coefficient (Wildman–Crippen LogP) is 1.85. The van der Waals surface area contributed by atoms with Gasteiger partial charge in [-0.25, -0.2) is 9.50 Å². The molecule has 0 aliphatic carbocycles. The lowest BCUT2D eigenvalue weighted by Gasteiger charge is -2.21. The van der Waals surface area contributed by atoms with Crippen LogP contribution in [0.15, 0.2) is 43.0 Å². The van der Waals surface area contributed by atoms with Crippen LogP contribution in [0.2, 0.25) is 0 Å². The third kappa shape index (κ3) is 5.67. The Balaban J connectivity index is 1.38. The van der Waals surface area contributed by atoms with E-state index < -0.39 is 12.5 Å². The van der Waals surface area contributed by atoms with Gasteiger partial charge in [0.05, 0.1) is 29.7 Å². The summed E-state index contributed by atoms with van der Waals surface area (Å²) in [4.78, 5) is 21.1. The molecule has 0 atom stereocenters. The van der Waals surface area contributed by atoms with Gasteiger partial charge in [0, 0.05) is 37.7 Å². The van der Waals surface area contributed by atoms with Crippen LogP contribution < -0.4 is 20.1 Å². The number of nitrogens with one attached hydrogen (secondary N) is 2. The summed E-state index contributed by atoms with van der Waals surface area (Å²) in [7, 11) is 3.88. The summed E-state index contributed by atoms with van der Waals surface area (Å²) in [6, 6.07) is 4.66. The van der Waals surface area contributed by atoms with Gasteiger partial charge < -0.3 is 25.0 Å². The van der Waals surface area contributed by atoms with E-state index in [0.29, 0.717) is 42.6 Å². The third-order valence-electron chi connectivity index (χ3n) is 6.31. The molecule has 1 aromatic carbocycles. The van der Waals surface area contributed by atoms with Crippen molar-refractivity contribution in [3.63, 3.8) is 0 Å². The van der Waals surface area contributed by atoms with Crippen molar-refractivity contribution in [2.45, 2.75) is 19.7 Å². The van der Waals surface area contributed by atoms with Crippen molar-refractivity contribution in [2.24, 2.45) is 0 Å². The summed E-state index contributed by atoms with van der Waals surface area (Å²) in [6.07, 6.45) is 6.15. The van der Waals surface area contributed by atoms with Crippen LogP contribution in [0.5, 0.6) is 11.5 Å². The van der Waals surface area contributed by atoms with Gasteiger partial charge in [-0.1, -0.05) is 0 Å². The lowest BCUT2D eigenvalue weighted by Crippen LogP contribution is -2.19. The van der Waals surface area contributed by atoms with Gasteiger partial charge in [-0.3, -0.25) is 9.48 Å². The maximum absolute atomic E-state index is 13.5.